The second kappa shape index (κ2) is 4.88. The van der Waals surface area contributed by atoms with E-state index in [-0.39, 0.29) is 12.4 Å². The van der Waals surface area contributed by atoms with Crippen LogP contribution in [0.3, 0.4) is 0 Å². The monoisotopic (exact) mass is 293 g/mol. The quantitative estimate of drug-likeness (QED) is 0.946. The Kier molecular flexibility index (Phi) is 3.32. The minimum atomic E-state index is 0. The van der Waals surface area contributed by atoms with Gasteiger partial charge in [0.2, 0.25) is 0 Å². The molecule has 0 bridgehead atoms. The van der Waals surface area contributed by atoms with E-state index >= 15 is 0 Å². The van der Waals surface area contributed by atoms with E-state index in [1.165, 1.54) is 25.7 Å². The highest BCUT2D eigenvalue weighted by Crippen LogP contribution is 2.40. The van der Waals surface area contributed by atoms with Gasteiger partial charge in [-0.1, -0.05) is 0 Å². The standard InChI is InChI=1S/C14H19N5.ClH/c1-3-15-13-11-14(18-12(17-11)9-4-5-9)19(8(2)16-13)10-6-7-10;/h9-10H,3-7H2,1-2H3,(H,17,18);1H. The zero-order valence-corrected chi connectivity index (χ0v) is 12.7. The van der Waals surface area contributed by atoms with Gasteiger partial charge in [-0.25, -0.2) is 9.97 Å². The van der Waals surface area contributed by atoms with Gasteiger partial charge in [0.1, 0.15) is 17.2 Å². The molecule has 2 heterocycles. The van der Waals surface area contributed by atoms with Crippen molar-refractivity contribution < 1.29 is 0 Å². The number of aromatic nitrogens is 4. The number of hydrogen-bond acceptors (Lipinski definition) is 3. The Balaban J connectivity index is 0.00000121. The molecular formula is C14H20ClN5. The van der Waals surface area contributed by atoms with Crippen LogP contribution in [-0.2, 0) is 0 Å². The summed E-state index contributed by atoms with van der Waals surface area (Å²) in [6.07, 6.45) is 5.02. The maximum absolute atomic E-state index is 4.85. The fourth-order valence-electron chi connectivity index (χ4n) is 2.71. The summed E-state index contributed by atoms with van der Waals surface area (Å²) in [4.78, 5) is 17.5. The van der Waals surface area contributed by atoms with Gasteiger partial charge in [-0.3, -0.25) is 4.99 Å². The van der Waals surface area contributed by atoms with E-state index in [1.54, 1.807) is 0 Å². The number of halogens is 1. The molecular weight excluding hydrogens is 274 g/mol. The van der Waals surface area contributed by atoms with E-state index < -0.39 is 0 Å². The van der Waals surface area contributed by atoms with Crippen molar-refractivity contribution >= 4 is 23.6 Å². The third-order valence-corrected chi connectivity index (χ3v) is 3.96. The van der Waals surface area contributed by atoms with Crippen LogP contribution in [0.4, 0.5) is 0 Å². The molecule has 20 heavy (non-hydrogen) atoms. The highest BCUT2D eigenvalue weighted by molar-refractivity contribution is 5.85. The number of nitrogens with one attached hydrogen (secondary N) is 1. The Morgan fingerprint density at radius 3 is 2.60 bits per heavy atom. The molecule has 0 unspecified atom stereocenters. The number of aryl methyl sites for hydroxylation is 1. The zero-order chi connectivity index (χ0) is 13.0. The first kappa shape index (κ1) is 13.6. The van der Waals surface area contributed by atoms with Gasteiger partial charge >= 0.3 is 0 Å². The molecule has 2 aromatic rings. The first-order valence-electron chi connectivity index (χ1n) is 7.27. The summed E-state index contributed by atoms with van der Waals surface area (Å²) in [5, 5.41) is 0. The Morgan fingerprint density at radius 2 is 2.00 bits per heavy atom. The van der Waals surface area contributed by atoms with Gasteiger partial charge < -0.3 is 9.55 Å². The van der Waals surface area contributed by atoms with Gasteiger partial charge in [-0.05, 0) is 39.5 Å². The Morgan fingerprint density at radius 1 is 1.25 bits per heavy atom. The lowest BCUT2D eigenvalue weighted by Gasteiger charge is -2.09. The van der Waals surface area contributed by atoms with Crippen LogP contribution in [0.2, 0.25) is 0 Å². The minimum Gasteiger partial charge on any atom is -0.337 e. The molecule has 0 saturated heterocycles. The third kappa shape index (κ3) is 2.14. The number of H-pyrrole nitrogens is 1. The number of aromatic amines is 1. The molecule has 2 aromatic heterocycles. The number of fused-ring (bicyclic) bond motifs is 1. The van der Waals surface area contributed by atoms with E-state index in [9.17, 15) is 0 Å². The molecule has 0 radical (unpaired) electrons. The molecule has 2 fully saturated rings. The predicted octanol–water partition coefficient (Wildman–Crippen LogP) is 2.62. The predicted molar refractivity (Wildman–Crippen MR) is 80.2 cm³/mol. The van der Waals surface area contributed by atoms with Crippen molar-refractivity contribution in [2.45, 2.75) is 51.5 Å². The Bertz CT molecular complexity index is 706. The fraction of sp³-hybridized carbons (Fsp3) is 0.643. The normalized spacial score (nSPS) is 19.4. The molecule has 108 valence electrons. The second-order valence-electron chi connectivity index (χ2n) is 5.65. The molecule has 5 nitrogen and oxygen atoms in total. The summed E-state index contributed by atoms with van der Waals surface area (Å²) < 4.78 is 2.30. The molecule has 6 heteroatoms. The van der Waals surface area contributed by atoms with Crippen LogP contribution in [0.1, 0.15) is 56.2 Å². The van der Waals surface area contributed by atoms with Crippen LogP contribution in [0.5, 0.6) is 0 Å². The van der Waals surface area contributed by atoms with Crippen molar-refractivity contribution in [3.63, 3.8) is 0 Å². The molecule has 0 amide bonds. The average molecular weight is 294 g/mol. The molecule has 0 aliphatic heterocycles. The van der Waals surface area contributed by atoms with Gasteiger partial charge in [0.25, 0.3) is 0 Å². The van der Waals surface area contributed by atoms with Crippen LogP contribution >= 0.6 is 12.4 Å². The number of rotatable bonds is 3. The van der Waals surface area contributed by atoms with Crippen LogP contribution in [0, 0.1) is 6.92 Å². The summed E-state index contributed by atoms with van der Waals surface area (Å²) in [5.41, 5.74) is 2.91. The van der Waals surface area contributed by atoms with Crippen LogP contribution < -0.4 is 5.49 Å². The molecule has 4 rings (SSSR count). The van der Waals surface area contributed by atoms with E-state index in [1.807, 2.05) is 6.92 Å². The van der Waals surface area contributed by atoms with E-state index in [0.717, 1.165) is 34.8 Å². The van der Waals surface area contributed by atoms with E-state index in [4.69, 9.17) is 4.98 Å². The summed E-state index contributed by atoms with van der Waals surface area (Å²) in [6, 6.07) is 0.598. The smallest absolute Gasteiger partial charge is 0.177 e. The molecule has 0 atom stereocenters. The molecule has 2 aliphatic carbocycles. The van der Waals surface area contributed by atoms with E-state index in [0.29, 0.717) is 12.0 Å². The van der Waals surface area contributed by atoms with Gasteiger partial charge in [0, 0.05) is 18.5 Å². The highest BCUT2D eigenvalue weighted by Gasteiger charge is 2.31. The summed E-state index contributed by atoms with van der Waals surface area (Å²) in [7, 11) is 0. The lowest BCUT2D eigenvalue weighted by Crippen LogP contribution is -2.18. The molecule has 0 spiro atoms. The largest absolute Gasteiger partial charge is 0.337 e. The Hall–Kier alpha value is -1.36. The fourth-order valence-corrected chi connectivity index (χ4v) is 2.71. The van der Waals surface area contributed by atoms with Crippen molar-refractivity contribution in [1.82, 2.24) is 19.5 Å². The lowest BCUT2D eigenvalue weighted by atomic mass is 10.4. The minimum absolute atomic E-state index is 0. The third-order valence-electron chi connectivity index (χ3n) is 3.96. The number of imidazole rings is 1. The molecule has 2 aliphatic rings. The van der Waals surface area contributed by atoms with Crippen molar-refractivity contribution in [1.29, 1.82) is 0 Å². The number of nitrogens with zero attached hydrogens (tertiary/aromatic N) is 4. The Labute approximate surface area is 124 Å². The maximum Gasteiger partial charge on any atom is 0.177 e. The van der Waals surface area contributed by atoms with Crippen molar-refractivity contribution in [3.05, 3.63) is 17.1 Å². The molecule has 1 N–H and O–H groups in total. The summed E-state index contributed by atoms with van der Waals surface area (Å²) in [5.74, 6) is 2.80. The topological polar surface area (TPSA) is 58.9 Å². The van der Waals surface area contributed by atoms with Gasteiger partial charge in [-0.15, -0.1) is 12.4 Å². The highest BCUT2D eigenvalue weighted by atomic mass is 35.5. The number of hydrogen-bond donors (Lipinski definition) is 1. The van der Waals surface area contributed by atoms with Crippen molar-refractivity contribution in [3.8, 4) is 0 Å². The van der Waals surface area contributed by atoms with Gasteiger partial charge in [0.15, 0.2) is 11.1 Å². The van der Waals surface area contributed by atoms with E-state index in [2.05, 4.69) is 26.5 Å². The first-order chi connectivity index (χ1) is 9.28. The van der Waals surface area contributed by atoms with Crippen LogP contribution in [-0.4, -0.2) is 26.1 Å². The molecule has 2 saturated carbocycles. The summed E-state index contributed by atoms with van der Waals surface area (Å²) in [6.45, 7) is 4.87. The average Bonchev–Trinajstić information content (AvgIpc) is 3.27. The van der Waals surface area contributed by atoms with Gasteiger partial charge in [-0.2, -0.15) is 0 Å². The van der Waals surface area contributed by atoms with Crippen LogP contribution in [0.25, 0.3) is 11.2 Å². The van der Waals surface area contributed by atoms with Gasteiger partial charge in [0.05, 0.1) is 0 Å². The first-order valence-corrected chi connectivity index (χ1v) is 7.27. The SMILES string of the molecule is CCN=c1nc(C)n(C2CC2)c2nc(C3CC3)[nH]c12.Cl. The maximum atomic E-state index is 4.85. The second-order valence-corrected chi connectivity index (χ2v) is 5.65. The molecule has 0 aromatic carbocycles. The van der Waals surface area contributed by atoms with Crippen molar-refractivity contribution in [2.75, 3.05) is 6.54 Å². The zero-order valence-electron chi connectivity index (χ0n) is 11.9. The summed E-state index contributed by atoms with van der Waals surface area (Å²) >= 11 is 0. The van der Waals surface area contributed by atoms with Crippen LogP contribution in [0.15, 0.2) is 4.99 Å². The lowest BCUT2D eigenvalue weighted by molar-refractivity contribution is 0.698. The van der Waals surface area contributed by atoms with Crippen molar-refractivity contribution in [2.24, 2.45) is 4.99 Å².